The minimum absolute atomic E-state index is 0.0155. The molecule has 0 bridgehead atoms. The summed E-state index contributed by atoms with van der Waals surface area (Å²) in [5.41, 5.74) is 2.79. The van der Waals surface area contributed by atoms with Gasteiger partial charge in [-0.15, -0.1) is 0 Å². The van der Waals surface area contributed by atoms with Gasteiger partial charge in [0.2, 0.25) is 0 Å². The third kappa shape index (κ3) is 6.84. The summed E-state index contributed by atoms with van der Waals surface area (Å²) in [5, 5.41) is 23.3. The second kappa shape index (κ2) is 12.4. The van der Waals surface area contributed by atoms with E-state index in [1.54, 1.807) is 43.3 Å². The van der Waals surface area contributed by atoms with Crippen LogP contribution in [0.1, 0.15) is 30.5 Å². The van der Waals surface area contributed by atoms with E-state index < -0.39 is 10.8 Å². The lowest BCUT2D eigenvalue weighted by atomic mass is 10.1. The maximum Gasteiger partial charge on any atom is 0.269 e. The lowest BCUT2D eigenvalue weighted by molar-refractivity contribution is -0.384. The number of carbonyl (C=O) groups is 1. The van der Waals surface area contributed by atoms with E-state index in [9.17, 15) is 20.2 Å². The Labute approximate surface area is 213 Å². The minimum Gasteiger partial charge on any atom is -0.490 e. The fourth-order valence-corrected chi connectivity index (χ4v) is 3.55. The van der Waals surface area contributed by atoms with Gasteiger partial charge in [0, 0.05) is 17.8 Å². The van der Waals surface area contributed by atoms with E-state index >= 15 is 0 Å². The van der Waals surface area contributed by atoms with Crippen molar-refractivity contribution in [2.75, 3.05) is 11.9 Å². The monoisotopic (exact) mass is 505 g/mol. The molecular formula is C27H24ClN3O5. The van der Waals surface area contributed by atoms with Crippen molar-refractivity contribution in [3.05, 3.63) is 98.1 Å². The highest BCUT2D eigenvalue weighted by Crippen LogP contribution is 2.38. The van der Waals surface area contributed by atoms with Gasteiger partial charge in [-0.3, -0.25) is 14.9 Å². The number of non-ortho nitro benzene ring substituents is 1. The van der Waals surface area contributed by atoms with Gasteiger partial charge < -0.3 is 14.8 Å². The standard InChI is InChI=1S/C27H24ClN3O5/c1-3-18-5-9-22(10-6-18)30-27(32)21(16-29)13-20-14-24(28)26(25(15-20)35-4-2)36-17-19-7-11-23(12-8-19)31(33)34/h5-15H,3-4,17H2,1-2H3,(H,30,32)/b21-13+. The molecule has 0 atom stereocenters. The molecule has 1 N–H and O–H groups in total. The number of aryl methyl sites for hydroxylation is 1. The number of carbonyl (C=O) groups excluding carboxylic acids is 1. The Morgan fingerprint density at radius 1 is 1.08 bits per heavy atom. The van der Waals surface area contributed by atoms with Crippen LogP contribution in [0.4, 0.5) is 11.4 Å². The van der Waals surface area contributed by atoms with E-state index in [0.29, 0.717) is 29.2 Å². The Morgan fingerprint density at radius 2 is 1.75 bits per heavy atom. The molecule has 3 aromatic rings. The van der Waals surface area contributed by atoms with Gasteiger partial charge in [-0.25, -0.2) is 0 Å². The molecule has 0 aliphatic carbocycles. The first-order valence-electron chi connectivity index (χ1n) is 11.2. The molecule has 0 spiro atoms. The Morgan fingerprint density at radius 3 is 2.33 bits per heavy atom. The largest absolute Gasteiger partial charge is 0.490 e. The number of nitro benzene ring substituents is 1. The molecule has 36 heavy (non-hydrogen) atoms. The van der Waals surface area contributed by atoms with Gasteiger partial charge >= 0.3 is 0 Å². The number of amides is 1. The number of benzene rings is 3. The zero-order valence-corrected chi connectivity index (χ0v) is 20.5. The van der Waals surface area contributed by atoms with Crippen molar-refractivity contribution < 1.29 is 19.2 Å². The minimum atomic E-state index is -0.547. The van der Waals surface area contributed by atoms with Crippen molar-refractivity contribution in [1.29, 1.82) is 5.26 Å². The Bertz CT molecular complexity index is 1310. The highest BCUT2D eigenvalue weighted by atomic mass is 35.5. The summed E-state index contributed by atoms with van der Waals surface area (Å²) < 4.78 is 11.5. The summed E-state index contributed by atoms with van der Waals surface area (Å²) in [6, 6.07) is 18.5. The quantitative estimate of drug-likeness (QED) is 0.149. The number of halogens is 1. The Kier molecular flexibility index (Phi) is 9.03. The molecule has 184 valence electrons. The highest BCUT2D eigenvalue weighted by molar-refractivity contribution is 6.32. The summed E-state index contributed by atoms with van der Waals surface area (Å²) in [4.78, 5) is 23.0. The van der Waals surface area contributed by atoms with Crippen molar-refractivity contribution in [3.8, 4) is 17.6 Å². The van der Waals surface area contributed by atoms with E-state index in [4.69, 9.17) is 21.1 Å². The van der Waals surface area contributed by atoms with Crippen molar-refractivity contribution in [2.45, 2.75) is 26.9 Å². The van der Waals surface area contributed by atoms with Gasteiger partial charge in [-0.1, -0.05) is 30.7 Å². The second-order valence-corrected chi connectivity index (χ2v) is 8.06. The lowest BCUT2D eigenvalue weighted by Crippen LogP contribution is -2.13. The zero-order valence-electron chi connectivity index (χ0n) is 19.8. The van der Waals surface area contributed by atoms with Crippen molar-refractivity contribution in [1.82, 2.24) is 0 Å². The van der Waals surface area contributed by atoms with Crippen LogP contribution in [0, 0.1) is 21.4 Å². The predicted octanol–water partition coefficient (Wildman–Crippen LogP) is 6.33. The SMILES string of the molecule is CCOc1cc(/C=C(\C#N)C(=O)Nc2ccc(CC)cc2)cc(Cl)c1OCc1ccc([N+](=O)[O-])cc1. The van der Waals surface area contributed by atoms with Crippen LogP contribution in [0.2, 0.25) is 5.02 Å². The molecule has 0 unspecified atom stereocenters. The number of nitriles is 1. The first-order chi connectivity index (χ1) is 17.3. The molecule has 0 saturated carbocycles. The first-order valence-corrected chi connectivity index (χ1v) is 11.6. The van der Waals surface area contributed by atoms with E-state index in [1.165, 1.54) is 18.2 Å². The van der Waals surface area contributed by atoms with Crippen LogP contribution >= 0.6 is 11.6 Å². The zero-order chi connectivity index (χ0) is 26.1. The fourth-order valence-electron chi connectivity index (χ4n) is 3.28. The van der Waals surface area contributed by atoms with Crippen LogP contribution in [0.15, 0.2) is 66.2 Å². The molecule has 3 rings (SSSR count). The molecule has 0 aliphatic heterocycles. The summed E-state index contributed by atoms with van der Waals surface area (Å²) in [5.74, 6) is 0.0772. The molecule has 9 heteroatoms. The molecule has 0 heterocycles. The summed E-state index contributed by atoms with van der Waals surface area (Å²) >= 11 is 6.46. The van der Waals surface area contributed by atoms with Gasteiger partial charge in [0.25, 0.3) is 11.6 Å². The maximum absolute atomic E-state index is 12.7. The number of anilines is 1. The number of hydrogen-bond acceptors (Lipinski definition) is 6. The number of nitrogens with one attached hydrogen (secondary N) is 1. The van der Waals surface area contributed by atoms with E-state index in [1.807, 2.05) is 25.1 Å². The maximum atomic E-state index is 12.7. The molecule has 8 nitrogen and oxygen atoms in total. The van der Waals surface area contributed by atoms with E-state index in [-0.39, 0.29) is 28.6 Å². The van der Waals surface area contributed by atoms with E-state index in [2.05, 4.69) is 5.32 Å². The van der Waals surface area contributed by atoms with Gasteiger partial charge in [0.15, 0.2) is 11.5 Å². The summed E-state index contributed by atoms with van der Waals surface area (Å²) in [7, 11) is 0. The predicted molar refractivity (Wildman–Crippen MR) is 138 cm³/mol. The lowest BCUT2D eigenvalue weighted by Gasteiger charge is -2.15. The molecule has 0 saturated heterocycles. The molecule has 3 aromatic carbocycles. The van der Waals surface area contributed by atoms with Crippen molar-refractivity contribution >= 4 is 35.0 Å². The molecule has 0 aromatic heterocycles. The third-order valence-corrected chi connectivity index (χ3v) is 5.44. The smallest absolute Gasteiger partial charge is 0.269 e. The summed E-state index contributed by atoms with van der Waals surface area (Å²) in [6.45, 7) is 4.28. The van der Waals surface area contributed by atoms with Gasteiger partial charge in [0.1, 0.15) is 18.2 Å². The Hall–Kier alpha value is -4.35. The number of rotatable bonds is 10. The highest BCUT2D eigenvalue weighted by Gasteiger charge is 2.15. The van der Waals surface area contributed by atoms with E-state index in [0.717, 1.165) is 12.0 Å². The van der Waals surface area contributed by atoms with Crippen LogP contribution in [0.25, 0.3) is 6.08 Å². The van der Waals surface area contributed by atoms with Crippen LogP contribution in [0.3, 0.4) is 0 Å². The summed E-state index contributed by atoms with van der Waals surface area (Å²) in [6.07, 6.45) is 2.30. The van der Waals surface area contributed by atoms with Crippen molar-refractivity contribution in [3.63, 3.8) is 0 Å². The average molecular weight is 506 g/mol. The van der Waals surface area contributed by atoms with Crippen LogP contribution in [0.5, 0.6) is 11.5 Å². The fraction of sp³-hybridized carbons (Fsp3) is 0.185. The number of nitrogens with zero attached hydrogens (tertiary/aromatic N) is 2. The normalized spacial score (nSPS) is 10.9. The first kappa shape index (κ1) is 26.3. The van der Waals surface area contributed by atoms with Crippen molar-refractivity contribution in [2.24, 2.45) is 0 Å². The third-order valence-electron chi connectivity index (χ3n) is 5.16. The molecule has 0 aliphatic rings. The molecular weight excluding hydrogens is 482 g/mol. The number of nitro groups is 1. The second-order valence-electron chi connectivity index (χ2n) is 7.65. The van der Waals surface area contributed by atoms with Gasteiger partial charge in [-0.05, 0) is 72.5 Å². The number of ether oxygens (including phenoxy) is 2. The average Bonchev–Trinajstić information content (AvgIpc) is 2.87. The van der Waals surface area contributed by atoms with Gasteiger partial charge in [0.05, 0.1) is 16.6 Å². The topological polar surface area (TPSA) is 114 Å². The Balaban J connectivity index is 1.80. The number of hydrogen-bond donors (Lipinski definition) is 1. The van der Waals surface area contributed by atoms with Crippen LogP contribution < -0.4 is 14.8 Å². The molecule has 0 radical (unpaired) electrons. The molecule has 1 amide bonds. The van der Waals surface area contributed by atoms with Gasteiger partial charge in [-0.2, -0.15) is 5.26 Å². The van der Waals surface area contributed by atoms with Crippen LogP contribution in [-0.4, -0.2) is 17.4 Å². The molecule has 0 fully saturated rings. The van der Waals surface area contributed by atoms with Crippen LogP contribution in [-0.2, 0) is 17.8 Å².